The molecule has 0 fully saturated rings. The number of aromatic amines is 1. The maximum atomic E-state index is 12.3. The Bertz CT molecular complexity index is 1060. The van der Waals surface area contributed by atoms with E-state index in [9.17, 15) is 4.79 Å². The number of hydrogen-bond donors (Lipinski definition) is 2. The average molecular weight is 352 g/mol. The van der Waals surface area contributed by atoms with Crippen LogP contribution in [0.3, 0.4) is 0 Å². The Labute approximate surface area is 148 Å². The highest BCUT2D eigenvalue weighted by Gasteiger charge is 2.16. The van der Waals surface area contributed by atoms with E-state index in [1.54, 1.807) is 6.07 Å². The second-order valence-electron chi connectivity index (χ2n) is 6.21. The van der Waals surface area contributed by atoms with Gasteiger partial charge in [0.2, 0.25) is 13.6 Å². The van der Waals surface area contributed by atoms with E-state index in [-0.39, 0.29) is 19.1 Å². The highest BCUT2D eigenvalue weighted by atomic mass is 16.7. The minimum Gasteiger partial charge on any atom is -0.454 e. The standard InChI is InChI=1S/C19H16N2O5/c22-19-13(4-12-5-17-18(26-10-25-17)6-14(12)21-19)8-20-7-11-1-2-15-16(3-11)24-9-23-15/h1-6,20H,7-10H2,(H,21,22). The van der Waals surface area contributed by atoms with Crippen LogP contribution in [0.4, 0.5) is 0 Å². The van der Waals surface area contributed by atoms with Gasteiger partial charge in [0.05, 0.1) is 5.52 Å². The lowest BCUT2D eigenvalue weighted by atomic mass is 10.1. The van der Waals surface area contributed by atoms with Gasteiger partial charge in [-0.2, -0.15) is 0 Å². The molecule has 7 nitrogen and oxygen atoms in total. The predicted molar refractivity (Wildman–Crippen MR) is 93.8 cm³/mol. The number of hydrogen-bond acceptors (Lipinski definition) is 6. The van der Waals surface area contributed by atoms with Gasteiger partial charge < -0.3 is 29.2 Å². The maximum Gasteiger partial charge on any atom is 0.252 e. The van der Waals surface area contributed by atoms with Crippen molar-refractivity contribution in [2.75, 3.05) is 13.6 Å². The van der Waals surface area contributed by atoms with Crippen LogP contribution < -0.4 is 29.8 Å². The van der Waals surface area contributed by atoms with Crippen LogP contribution in [-0.2, 0) is 13.1 Å². The summed E-state index contributed by atoms with van der Waals surface area (Å²) >= 11 is 0. The van der Waals surface area contributed by atoms with Crippen molar-refractivity contribution >= 4 is 10.9 Å². The van der Waals surface area contributed by atoms with Crippen molar-refractivity contribution in [3.8, 4) is 23.0 Å². The fraction of sp³-hybridized carbons (Fsp3) is 0.211. The van der Waals surface area contributed by atoms with Gasteiger partial charge in [-0.1, -0.05) is 6.07 Å². The molecule has 5 rings (SSSR count). The van der Waals surface area contributed by atoms with E-state index < -0.39 is 0 Å². The number of ether oxygens (including phenoxy) is 4. The van der Waals surface area contributed by atoms with Crippen LogP contribution in [-0.4, -0.2) is 18.6 Å². The molecule has 0 amide bonds. The molecule has 0 unspecified atom stereocenters. The molecule has 0 radical (unpaired) electrons. The highest BCUT2D eigenvalue weighted by molar-refractivity contribution is 5.83. The van der Waals surface area contributed by atoms with Gasteiger partial charge in [0.1, 0.15) is 0 Å². The lowest BCUT2D eigenvalue weighted by molar-refractivity contribution is 0.173. The Kier molecular flexibility index (Phi) is 3.46. The number of fused-ring (bicyclic) bond motifs is 3. The summed E-state index contributed by atoms with van der Waals surface area (Å²) in [7, 11) is 0. The van der Waals surface area contributed by atoms with Gasteiger partial charge in [0, 0.05) is 30.1 Å². The zero-order chi connectivity index (χ0) is 17.5. The zero-order valence-electron chi connectivity index (χ0n) is 13.8. The molecule has 0 aliphatic carbocycles. The van der Waals surface area contributed by atoms with Gasteiger partial charge >= 0.3 is 0 Å². The normalized spacial score (nSPS) is 14.2. The average Bonchev–Trinajstić information content (AvgIpc) is 3.28. The largest absolute Gasteiger partial charge is 0.454 e. The van der Waals surface area contributed by atoms with E-state index >= 15 is 0 Å². The van der Waals surface area contributed by atoms with Crippen molar-refractivity contribution in [1.82, 2.24) is 10.3 Å². The Morgan fingerprint density at radius 3 is 2.42 bits per heavy atom. The van der Waals surface area contributed by atoms with E-state index in [2.05, 4.69) is 10.3 Å². The summed E-state index contributed by atoms with van der Waals surface area (Å²) < 4.78 is 21.4. The zero-order valence-corrected chi connectivity index (χ0v) is 13.8. The first kappa shape index (κ1) is 15.1. The van der Waals surface area contributed by atoms with Crippen LogP contribution in [0.1, 0.15) is 11.1 Å². The second-order valence-corrected chi connectivity index (χ2v) is 6.21. The topological polar surface area (TPSA) is 81.8 Å². The third kappa shape index (κ3) is 2.62. The second kappa shape index (κ2) is 5.96. The molecular formula is C19H16N2O5. The fourth-order valence-corrected chi connectivity index (χ4v) is 3.16. The SMILES string of the molecule is O=c1[nH]c2cc3c(cc2cc1CNCc1ccc2c(c1)OCO2)OCO3. The van der Waals surface area contributed by atoms with Crippen molar-refractivity contribution in [3.05, 3.63) is 57.9 Å². The van der Waals surface area contributed by atoms with Gasteiger partial charge in [-0.3, -0.25) is 4.79 Å². The quantitative estimate of drug-likeness (QED) is 0.750. The number of rotatable bonds is 4. The summed E-state index contributed by atoms with van der Waals surface area (Å²) in [5, 5.41) is 4.21. The van der Waals surface area contributed by atoms with E-state index in [1.807, 2.05) is 30.3 Å². The molecule has 7 heteroatoms. The number of aromatic nitrogens is 1. The van der Waals surface area contributed by atoms with Crippen molar-refractivity contribution in [1.29, 1.82) is 0 Å². The molecule has 0 saturated carbocycles. The minimum absolute atomic E-state index is 0.116. The van der Waals surface area contributed by atoms with Crippen molar-refractivity contribution in [2.24, 2.45) is 0 Å². The molecule has 0 atom stereocenters. The van der Waals surface area contributed by atoms with E-state index in [1.165, 1.54) is 0 Å². The molecule has 132 valence electrons. The van der Waals surface area contributed by atoms with E-state index in [0.29, 0.717) is 30.2 Å². The Balaban J connectivity index is 1.33. The molecule has 0 bridgehead atoms. The first-order valence-electron chi connectivity index (χ1n) is 8.31. The van der Waals surface area contributed by atoms with E-state index in [4.69, 9.17) is 18.9 Å². The first-order chi connectivity index (χ1) is 12.8. The molecule has 2 aliphatic heterocycles. The first-order valence-corrected chi connectivity index (χ1v) is 8.31. The summed E-state index contributed by atoms with van der Waals surface area (Å²) in [5.74, 6) is 2.87. The van der Waals surface area contributed by atoms with Gasteiger partial charge in [-0.25, -0.2) is 0 Å². The monoisotopic (exact) mass is 352 g/mol. The van der Waals surface area contributed by atoms with Crippen molar-refractivity contribution in [3.63, 3.8) is 0 Å². The summed E-state index contributed by atoms with van der Waals surface area (Å²) in [4.78, 5) is 15.2. The van der Waals surface area contributed by atoms with Crippen LogP contribution in [0.25, 0.3) is 10.9 Å². The predicted octanol–water partition coefficient (Wildman–Crippen LogP) is 2.28. The highest BCUT2D eigenvalue weighted by Crippen LogP contribution is 2.35. The van der Waals surface area contributed by atoms with Gasteiger partial charge in [-0.05, 0) is 29.8 Å². The van der Waals surface area contributed by atoms with Gasteiger partial charge in [0.15, 0.2) is 23.0 Å². The van der Waals surface area contributed by atoms with E-state index in [0.717, 1.165) is 28.0 Å². The van der Waals surface area contributed by atoms with Crippen molar-refractivity contribution in [2.45, 2.75) is 13.1 Å². The van der Waals surface area contributed by atoms with Gasteiger partial charge in [-0.15, -0.1) is 0 Å². The molecule has 2 aliphatic rings. The summed E-state index contributed by atoms with van der Waals surface area (Å²) in [6.07, 6.45) is 0. The molecule has 0 spiro atoms. The number of nitrogens with one attached hydrogen (secondary N) is 2. The molecular weight excluding hydrogens is 336 g/mol. The Morgan fingerprint density at radius 2 is 1.58 bits per heavy atom. The lowest BCUT2D eigenvalue weighted by Gasteiger charge is -2.07. The summed E-state index contributed by atoms with van der Waals surface area (Å²) in [5.41, 5.74) is 2.35. The number of benzene rings is 2. The molecule has 3 aromatic rings. The third-order valence-corrected chi connectivity index (χ3v) is 4.50. The number of pyridine rings is 1. The molecule has 3 heterocycles. The fourth-order valence-electron chi connectivity index (χ4n) is 3.16. The molecule has 26 heavy (non-hydrogen) atoms. The third-order valence-electron chi connectivity index (χ3n) is 4.50. The summed E-state index contributed by atoms with van der Waals surface area (Å²) in [6.45, 7) is 1.54. The van der Waals surface area contributed by atoms with Crippen LogP contribution in [0.15, 0.2) is 41.2 Å². The minimum atomic E-state index is -0.116. The Hall–Kier alpha value is -3.19. The smallest absolute Gasteiger partial charge is 0.252 e. The summed E-state index contributed by atoms with van der Waals surface area (Å²) in [6, 6.07) is 11.4. The maximum absolute atomic E-state index is 12.3. The Morgan fingerprint density at radius 1 is 0.846 bits per heavy atom. The van der Waals surface area contributed by atoms with Crippen LogP contribution in [0.2, 0.25) is 0 Å². The molecule has 1 aromatic heterocycles. The van der Waals surface area contributed by atoms with Crippen LogP contribution >= 0.6 is 0 Å². The molecule has 2 N–H and O–H groups in total. The number of H-pyrrole nitrogens is 1. The van der Waals surface area contributed by atoms with Crippen LogP contribution in [0.5, 0.6) is 23.0 Å². The van der Waals surface area contributed by atoms with Crippen molar-refractivity contribution < 1.29 is 18.9 Å². The lowest BCUT2D eigenvalue weighted by Crippen LogP contribution is -2.20. The molecule has 0 saturated heterocycles. The van der Waals surface area contributed by atoms with Gasteiger partial charge in [0.25, 0.3) is 5.56 Å². The van der Waals surface area contributed by atoms with Crippen LogP contribution in [0, 0.1) is 0 Å². The molecule has 2 aromatic carbocycles.